The standard InChI is InChI=1S/C39H33N3O7/c1-21-12-15-24(16-13-21)40-42-35(45)29-20-28-26(17-18-27-31(28)36(46)41(34(27)44)38(48)49-2)33(39(29,37(42)47)23-9-4-3-5-10-23)32-25-11-7-6-8-22(25)14-19-30(32)43/h3-17,19,27-29,31,33,40,43H,18,20H2,1-2H3. The second-order valence-electron chi connectivity index (χ2n) is 13.3. The van der Waals surface area contributed by atoms with Crippen molar-refractivity contribution >= 4 is 46.2 Å². The van der Waals surface area contributed by atoms with Gasteiger partial charge in [-0.3, -0.25) is 24.6 Å². The summed E-state index contributed by atoms with van der Waals surface area (Å²) in [5.74, 6) is -6.75. The van der Waals surface area contributed by atoms with Gasteiger partial charge < -0.3 is 9.84 Å². The first-order valence-electron chi connectivity index (χ1n) is 16.3. The number of aryl methyl sites for hydroxylation is 1. The molecule has 2 aliphatic heterocycles. The van der Waals surface area contributed by atoms with E-state index >= 15 is 4.79 Å². The molecule has 10 heteroatoms. The molecule has 10 nitrogen and oxygen atoms in total. The minimum Gasteiger partial charge on any atom is -0.508 e. The molecule has 5 amide bonds. The number of aromatic hydroxyl groups is 1. The van der Waals surface area contributed by atoms with Crippen LogP contribution in [-0.2, 0) is 29.3 Å². The van der Waals surface area contributed by atoms with Crippen LogP contribution in [0.2, 0.25) is 0 Å². The Hall–Kier alpha value is -5.77. The molecule has 6 atom stereocenters. The summed E-state index contributed by atoms with van der Waals surface area (Å²) in [7, 11) is 1.11. The first-order chi connectivity index (χ1) is 23.7. The Morgan fingerprint density at radius 3 is 2.31 bits per heavy atom. The lowest BCUT2D eigenvalue weighted by Gasteiger charge is -2.50. The number of benzene rings is 4. The van der Waals surface area contributed by atoms with Gasteiger partial charge in [0.15, 0.2) is 0 Å². The summed E-state index contributed by atoms with van der Waals surface area (Å²) in [5.41, 5.74) is 4.82. The van der Waals surface area contributed by atoms with Gasteiger partial charge >= 0.3 is 6.09 Å². The van der Waals surface area contributed by atoms with Gasteiger partial charge in [0, 0.05) is 11.5 Å². The molecule has 3 fully saturated rings. The highest BCUT2D eigenvalue weighted by molar-refractivity contribution is 6.17. The number of allylic oxidation sites excluding steroid dienone is 2. The molecule has 2 saturated heterocycles. The molecular formula is C39H33N3O7. The number of hydrazine groups is 1. The minimum atomic E-state index is -1.54. The highest BCUT2D eigenvalue weighted by Gasteiger charge is 2.71. The van der Waals surface area contributed by atoms with Crippen LogP contribution in [0.25, 0.3) is 10.8 Å². The van der Waals surface area contributed by atoms with Crippen LogP contribution < -0.4 is 5.43 Å². The lowest BCUT2D eigenvalue weighted by Crippen LogP contribution is -2.53. The molecule has 0 radical (unpaired) electrons. The zero-order valence-corrected chi connectivity index (χ0v) is 26.8. The number of nitrogens with one attached hydrogen (secondary N) is 1. The molecule has 4 aromatic rings. The average molecular weight is 656 g/mol. The highest BCUT2D eigenvalue weighted by atomic mass is 16.5. The molecule has 0 spiro atoms. The third kappa shape index (κ3) is 4.22. The number of imide groups is 4. The lowest BCUT2D eigenvalue weighted by molar-refractivity contribution is -0.140. The Morgan fingerprint density at radius 2 is 1.57 bits per heavy atom. The number of nitrogens with zero attached hydrogens (tertiary/aromatic N) is 2. The van der Waals surface area contributed by atoms with E-state index < -0.39 is 64.7 Å². The van der Waals surface area contributed by atoms with Gasteiger partial charge in [0.05, 0.1) is 36.0 Å². The largest absolute Gasteiger partial charge is 0.508 e. The maximum atomic E-state index is 15.3. The summed E-state index contributed by atoms with van der Waals surface area (Å²) in [6.07, 6.45) is 1.04. The number of carbonyl (C=O) groups excluding carboxylic acids is 5. The smallest absolute Gasteiger partial charge is 0.423 e. The van der Waals surface area contributed by atoms with Crippen molar-refractivity contribution in [2.24, 2.45) is 23.7 Å². The van der Waals surface area contributed by atoms with Crippen molar-refractivity contribution in [2.45, 2.75) is 31.1 Å². The average Bonchev–Trinajstić information content (AvgIpc) is 3.50. The van der Waals surface area contributed by atoms with Gasteiger partial charge in [-0.1, -0.05) is 90.0 Å². The van der Waals surface area contributed by atoms with Gasteiger partial charge in [0.2, 0.25) is 11.8 Å². The summed E-state index contributed by atoms with van der Waals surface area (Å²) in [6, 6.07) is 27.4. The topological polar surface area (TPSA) is 133 Å². The first kappa shape index (κ1) is 30.6. The van der Waals surface area contributed by atoms with E-state index in [0.717, 1.165) is 23.1 Å². The number of ether oxygens (including phenoxy) is 1. The van der Waals surface area contributed by atoms with E-state index in [9.17, 15) is 24.3 Å². The number of hydrogen-bond donors (Lipinski definition) is 2. The number of likely N-dealkylation sites (tertiary alicyclic amines) is 1. The molecule has 246 valence electrons. The maximum Gasteiger partial charge on any atom is 0.423 e. The zero-order valence-electron chi connectivity index (χ0n) is 26.8. The molecule has 1 saturated carbocycles. The van der Waals surface area contributed by atoms with Crippen molar-refractivity contribution in [3.63, 3.8) is 0 Å². The fraction of sp³-hybridized carbons (Fsp3) is 0.256. The molecule has 6 unspecified atom stereocenters. The van der Waals surface area contributed by atoms with Crippen LogP contribution in [0.3, 0.4) is 0 Å². The van der Waals surface area contributed by atoms with Crippen LogP contribution in [0, 0.1) is 30.6 Å². The Morgan fingerprint density at radius 1 is 0.857 bits per heavy atom. The Kier molecular flexibility index (Phi) is 6.95. The molecule has 2 aliphatic carbocycles. The van der Waals surface area contributed by atoms with Gasteiger partial charge in [0.25, 0.3) is 11.8 Å². The number of hydrogen-bond acceptors (Lipinski definition) is 8. The predicted molar refractivity (Wildman–Crippen MR) is 179 cm³/mol. The van der Waals surface area contributed by atoms with Crippen molar-refractivity contribution in [1.82, 2.24) is 9.91 Å². The number of rotatable bonds is 4. The highest BCUT2D eigenvalue weighted by Crippen LogP contribution is 2.65. The van der Waals surface area contributed by atoms with Gasteiger partial charge in [0.1, 0.15) is 5.75 Å². The second-order valence-corrected chi connectivity index (χ2v) is 13.3. The summed E-state index contributed by atoms with van der Waals surface area (Å²) >= 11 is 0. The van der Waals surface area contributed by atoms with Crippen LogP contribution in [0.4, 0.5) is 10.5 Å². The number of phenolic OH excluding ortho intramolecular Hbond substituents is 1. The summed E-state index contributed by atoms with van der Waals surface area (Å²) in [4.78, 5) is 70.8. The molecular weight excluding hydrogens is 622 g/mol. The maximum absolute atomic E-state index is 15.3. The van der Waals surface area contributed by atoms with Crippen molar-refractivity contribution < 1.29 is 33.8 Å². The molecule has 4 aromatic carbocycles. The van der Waals surface area contributed by atoms with E-state index in [1.54, 1.807) is 24.3 Å². The molecule has 0 aromatic heterocycles. The normalized spacial score (nSPS) is 27.5. The second kappa shape index (κ2) is 11.2. The molecule has 49 heavy (non-hydrogen) atoms. The van der Waals surface area contributed by atoms with E-state index in [-0.39, 0.29) is 18.6 Å². The van der Waals surface area contributed by atoms with Crippen LogP contribution in [-0.4, -0.2) is 51.8 Å². The predicted octanol–water partition coefficient (Wildman–Crippen LogP) is 5.61. The quantitative estimate of drug-likeness (QED) is 0.214. The Labute approximate surface area is 281 Å². The molecule has 2 N–H and O–H groups in total. The Bertz CT molecular complexity index is 2110. The first-order valence-corrected chi connectivity index (χ1v) is 16.3. The van der Waals surface area contributed by atoms with Gasteiger partial charge in [-0.15, -0.1) is 0 Å². The van der Waals surface area contributed by atoms with Crippen LogP contribution in [0.1, 0.15) is 35.4 Å². The van der Waals surface area contributed by atoms with Crippen molar-refractivity contribution in [1.29, 1.82) is 0 Å². The van der Waals surface area contributed by atoms with Gasteiger partial charge in [-0.25, -0.2) is 4.79 Å². The number of amides is 5. The van der Waals surface area contributed by atoms with E-state index in [2.05, 4.69) is 5.43 Å². The minimum absolute atomic E-state index is 0.0587. The lowest BCUT2D eigenvalue weighted by atomic mass is 9.48. The number of anilines is 1. The van der Waals surface area contributed by atoms with Gasteiger partial charge in [-0.2, -0.15) is 9.91 Å². The summed E-state index contributed by atoms with van der Waals surface area (Å²) < 4.78 is 4.81. The summed E-state index contributed by atoms with van der Waals surface area (Å²) in [5, 5.41) is 14.4. The van der Waals surface area contributed by atoms with Crippen LogP contribution >= 0.6 is 0 Å². The van der Waals surface area contributed by atoms with Crippen LogP contribution in [0.5, 0.6) is 5.75 Å². The van der Waals surface area contributed by atoms with Gasteiger partial charge in [-0.05, 0) is 60.2 Å². The van der Waals surface area contributed by atoms with E-state index in [1.165, 1.54) is 0 Å². The number of fused-ring (bicyclic) bond motifs is 5. The van der Waals surface area contributed by atoms with E-state index in [0.29, 0.717) is 32.7 Å². The number of phenols is 1. The number of methoxy groups -OCH3 is 1. The van der Waals surface area contributed by atoms with Crippen molar-refractivity contribution in [2.75, 3.05) is 12.5 Å². The molecule has 4 aliphatic rings. The van der Waals surface area contributed by atoms with E-state index in [4.69, 9.17) is 4.74 Å². The van der Waals surface area contributed by atoms with Crippen molar-refractivity contribution in [3.8, 4) is 5.75 Å². The third-order valence-corrected chi connectivity index (χ3v) is 11.0. The fourth-order valence-electron chi connectivity index (χ4n) is 8.92. The van der Waals surface area contributed by atoms with E-state index in [1.807, 2.05) is 79.7 Å². The van der Waals surface area contributed by atoms with Crippen molar-refractivity contribution in [3.05, 3.63) is 119 Å². The SMILES string of the molecule is COC(=O)N1C(=O)C2CC=C3C(CC4C(=O)N(Nc5ccc(C)cc5)C(=O)C4(c4ccccc4)C3c3c(O)ccc4ccccc34)C2C1=O. The summed E-state index contributed by atoms with van der Waals surface area (Å²) in [6.45, 7) is 1.94. The Balaban J connectivity index is 1.40. The third-order valence-electron chi connectivity index (χ3n) is 11.0. The monoisotopic (exact) mass is 655 g/mol. The molecule has 0 bridgehead atoms. The fourth-order valence-corrected chi connectivity index (χ4v) is 8.92. The molecule has 2 heterocycles. The van der Waals surface area contributed by atoms with Crippen LogP contribution in [0.15, 0.2) is 103 Å². The zero-order chi connectivity index (χ0) is 34.2. The number of carbonyl (C=O) groups is 5. The molecule has 8 rings (SSSR count).